The minimum atomic E-state index is -0.140. The maximum Gasteiger partial charge on any atom is 0.270 e. The quantitative estimate of drug-likeness (QED) is 0.884. The molecule has 2 fully saturated rings. The number of para-hydroxylation sites is 1. The number of fused-ring (bicyclic) bond motifs is 1. The lowest BCUT2D eigenvalue weighted by molar-refractivity contribution is -0.126. The van der Waals surface area contributed by atoms with Gasteiger partial charge in [0, 0.05) is 37.1 Å². The van der Waals surface area contributed by atoms with Crippen molar-refractivity contribution in [1.82, 2.24) is 15.2 Å². The number of H-pyrrole nitrogens is 1. The fourth-order valence-electron chi connectivity index (χ4n) is 3.90. The number of hydrogen-bond acceptors (Lipinski definition) is 3. The molecule has 26 heavy (non-hydrogen) atoms. The molecule has 3 heterocycles. The summed E-state index contributed by atoms with van der Waals surface area (Å²) in [6.07, 6.45) is 3.90. The van der Waals surface area contributed by atoms with E-state index in [4.69, 9.17) is 4.74 Å². The van der Waals surface area contributed by atoms with Gasteiger partial charge in [-0.1, -0.05) is 18.2 Å². The molecular formula is C20H25N3O3. The van der Waals surface area contributed by atoms with Gasteiger partial charge in [0.05, 0.1) is 12.0 Å². The molecule has 4 rings (SSSR count). The molecule has 0 radical (unpaired) electrons. The Labute approximate surface area is 152 Å². The summed E-state index contributed by atoms with van der Waals surface area (Å²) >= 11 is 0. The third-order valence-electron chi connectivity index (χ3n) is 5.37. The van der Waals surface area contributed by atoms with Crippen molar-refractivity contribution in [2.45, 2.75) is 31.8 Å². The van der Waals surface area contributed by atoms with E-state index in [2.05, 4.69) is 10.3 Å². The number of carbonyl (C=O) groups is 2. The summed E-state index contributed by atoms with van der Waals surface area (Å²) in [6, 6.07) is 9.74. The monoisotopic (exact) mass is 355 g/mol. The number of piperidine rings is 1. The van der Waals surface area contributed by atoms with Crippen LogP contribution in [0.4, 0.5) is 0 Å². The Morgan fingerprint density at radius 3 is 2.92 bits per heavy atom. The van der Waals surface area contributed by atoms with E-state index in [1.54, 1.807) is 4.90 Å². The zero-order valence-electron chi connectivity index (χ0n) is 14.9. The molecule has 2 unspecified atom stereocenters. The average molecular weight is 355 g/mol. The Bertz CT molecular complexity index is 761. The lowest BCUT2D eigenvalue weighted by Crippen LogP contribution is -2.46. The van der Waals surface area contributed by atoms with E-state index in [1.165, 1.54) is 0 Å². The van der Waals surface area contributed by atoms with Gasteiger partial charge < -0.3 is 19.9 Å². The number of hydrogen-bond donors (Lipinski definition) is 2. The number of amides is 2. The smallest absolute Gasteiger partial charge is 0.270 e. The van der Waals surface area contributed by atoms with E-state index in [1.807, 2.05) is 30.3 Å². The van der Waals surface area contributed by atoms with Gasteiger partial charge in [0.2, 0.25) is 5.91 Å². The Kier molecular flexibility index (Phi) is 4.93. The Hall–Kier alpha value is -2.34. The van der Waals surface area contributed by atoms with Crippen LogP contribution in [0.15, 0.2) is 30.3 Å². The van der Waals surface area contributed by atoms with Gasteiger partial charge in [-0.3, -0.25) is 9.59 Å². The molecule has 0 bridgehead atoms. The van der Waals surface area contributed by atoms with Crippen LogP contribution < -0.4 is 5.32 Å². The third kappa shape index (κ3) is 3.60. The molecule has 0 saturated carbocycles. The van der Waals surface area contributed by atoms with Crippen LogP contribution >= 0.6 is 0 Å². The molecule has 138 valence electrons. The van der Waals surface area contributed by atoms with Gasteiger partial charge in [-0.2, -0.15) is 0 Å². The molecule has 2 amide bonds. The van der Waals surface area contributed by atoms with Crippen molar-refractivity contribution < 1.29 is 14.3 Å². The van der Waals surface area contributed by atoms with Gasteiger partial charge >= 0.3 is 0 Å². The number of nitrogens with zero attached hydrogens (tertiary/aromatic N) is 1. The highest BCUT2D eigenvalue weighted by Crippen LogP contribution is 2.21. The maximum absolute atomic E-state index is 12.8. The molecule has 1 aromatic carbocycles. The van der Waals surface area contributed by atoms with E-state index in [0.717, 1.165) is 43.2 Å². The number of aromatic amines is 1. The first kappa shape index (κ1) is 17.1. The fraction of sp³-hybridized carbons (Fsp3) is 0.500. The van der Waals surface area contributed by atoms with Gasteiger partial charge in [0.25, 0.3) is 5.91 Å². The Morgan fingerprint density at radius 2 is 2.12 bits per heavy atom. The molecule has 0 spiro atoms. The van der Waals surface area contributed by atoms with Crippen LogP contribution in [0.2, 0.25) is 0 Å². The molecule has 2 saturated heterocycles. The molecule has 2 atom stereocenters. The molecule has 6 nitrogen and oxygen atoms in total. The van der Waals surface area contributed by atoms with E-state index >= 15 is 0 Å². The molecule has 2 aromatic rings. The first-order valence-corrected chi connectivity index (χ1v) is 9.47. The summed E-state index contributed by atoms with van der Waals surface area (Å²) in [5.41, 5.74) is 1.55. The summed E-state index contributed by atoms with van der Waals surface area (Å²) in [7, 11) is 0. The molecule has 2 aliphatic heterocycles. The van der Waals surface area contributed by atoms with Crippen LogP contribution in [-0.4, -0.2) is 54.0 Å². The summed E-state index contributed by atoms with van der Waals surface area (Å²) < 4.78 is 5.55. The van der Waals surface area contributed by atoms with Crippen molar-refractivity contribution in [2.75, 3.05) is 26.2 Å². The minimum absolute atomic E-state index is 0.0298. The second-order valence-corrected chi connectivity index (χ2v) is 7.24. The summed E-state index contributed by atoms with van der Waals surface area (Å²) in [5.74, 6) is -0.133. The van der Waals surface area contributed by atoms with E-state index in [-0.39, 0.29) is 23.8 Å². The summed E-state index contributed by atoms with van der Waals surface area (Å²) in [5, 5.41) is 4.03. The second-order valence-electron chi connectivity index (χ2n) is 7.24. The van der Waals surface area contributed by atoms with Crippen LogP contribution in [0.5, 0.6) is 0 Å². The van der Waals surface area contributed by atoms with Crippen molar-refractivity contribution >= 4 is 22.7 Å². The Balaban J connectivity index is 1.37. The van der Waals surface area contributed by atoms with Gasteiger partial charge in [-0.05, 0) is 37.8 Å². The van der Waals surface area contributed by atoms with Crippen molar-refractivity contribution in [2.24, 2.45) is 5.92 Å². The number of ether oxygens (including phenoxy) is 1. The molecule has 2 N–H and O–H groups in total. The highest BCUT2D eigenvalue weighted by Gasteiger charge is 2.30. The van der Waals surface area contributed by atoms with Crippen LogP contribution in [0.25, 0.3) is 10.9 Å². The van der Waals surface area contributed by atoms with Gasteiger partial charge in [0.15, 0.2) is 0 Å². The number of nitrogens with one attached hydrogen (secondary N) is 2. The highest BCUT2D eigenvalue weighted by molar-refractivity contribution is 5.98. The van der Waals surface area contributed by atoms with Crippen LogP contribution in [-0.2, 0) is 9.53 Å². The van der Waals surface area contributed by atoms with Gasteiger partial charge in [-0.15, -0.1) is 0 Å². The van der Waals surface area contributed by atoms with E-state index in [0.29, 0.717) is 25.3 Å². The fourth-order valence-corrected chi connectivity index (χ4v) is 3.90. The first-order valence-electron chi connectivity index (χ1n) is 9.47. The summed E-state index contributed by atoms with van der Waals surface area (Å²) in [4.78, 5) is 30.3. The van der Waals surface area contributed by atoms with E-state index in [9.17, 15) is 9.59 Å². The minimum Gasteiger partial charge on any atom is -0.376 e. The van der Waals surface area contributed by atoms with Gasteiger partial charge in [-0.25, -0.2) is 0 Å². The molecule has 0 aliphatic carbocycles. The largest absolute Gasteiger partial charge is 0.376 e. The predicted octanol–water partition coefficient (Wildman–Crippen LogP) is 2.32. The van der Waals surface area contributed by atoms with Crippen molar-refractivity contribution in [3.8, 4) is 0 Å². The SMILES string of the molecule is O=C(NCC1CCCO1)C1CCCN(C(=O)c2cc3ccccc3[nH]2)C1. The predicted molar refractivity (Wildman–Crippen MR) is 98.9 cm³/mol. The number of aromatic nitrogens is 1. The normalized spacial score (nSPS) is 23.3. The topological polar surface area (TPSA) is 74.4 Å². The second kappa shape index (κ2) is 7.50. The number of rotatable bonds is 4. The average Bonchev–Trinajstić information content (AvgIpc) is 3.35. The molecule has 1 aromatic heterocycles. The molecule has 2 aliphatic rings. The van der Waals surface area contributed by atoms with Crippen LogP contribution in [0, 0.1) is 5.92 Å². The summed E-state index contributed by atoms with van der Waals surface area (Å²) in [6.45, 7) is 2.54. The number of benzene rings is 1. The standard InChI is InChI=1S/C20H25N3O3/c24-19(21-12-16-7-4-10-26-16)15-6-3-9-23(13-15)20(25)18-11-14-5-1-2-8-17(14)22-18/h1-2,5,8,11,15-16,22H,3-4,6-7,9-10,12-13H2,(H,21,24). The van der Waals surface area contributed by atoms with Crippen molar-refractivity contribution in [1.29, 1.82) is 0 Å². The van der Waals surface area contributed by atoms with Crippen LogP contribution in [0.3, 0.4) is 0 Å². The van der Waals surface area contributed by atoms with Crippen molar-refractivity contribution in [3.63, 3.8) is 0 Å². The van der Waals surface area contributed by atoms with E-state index < -0.39 is 0 Å². The Morgan fingerprint density at radius 1 is 1.23 bits per heavy atom. The third-order valence-corrected chi connectivity index (χ3v) is 5.37. The lowest BCUT2D eigenvalue weighted by Gasteiger charge is -2.32. The maximum atomic E-state index is 12.8. The number of likely N-dealkylation sites (tertiary alicyclic amines) is 1. The van der Waals surface area contributed by atoms with Crippen molar-refractivity contribution in [3.05, 3.63) is 36.0 Å². The zero-order chi connectivity index (χ0) is 17.9. The van der Waals surface area contributed by atoms with Crippen LogP contribution in [0.1, 0.15) is 36.2 Å². The number of carbonyl (C=O) groups excluding carboxylic acids is 2. The molecule has 6 heteroatoms. The first-order chi connectivity index (χ1) is 12.7. The zero-order valence-corrected chi connectivity index (χ0v) is 14.9. The lowest BCUT2D eigenvalue weighted by atomic mass is 9.96. The highest BCUT2D eigenvalue weighted by atomic mass is 16.5. The molecular weight excluding hydrogens is 330 g/mol. The van der Waals surface area contributed by atoms with Gasteiger partial charge in [0.1, 0.15) is 5.69 Å².